The van der Waals surface area contributed by atoms with E-state index in [0.717, 1.165) is 30.7 Å². The van der Waals surface area contributed by atoms with Gasteiger partial charge >= 0.3 is 0 Å². The van der Waals surface area contributed by atoms with Gasteiger partial charge in [-0.1, -0.05) is 25.3 Å². The van der Waals surface area contributed by atoms with Gasteiger partial charge in [-0.25, -0.2) is 0 Å². The van der Waals surface area contributed by atoms with Crippen LogP contribution in [0, 0.1) is 11.3 Å². The van der Waals surface area contributed by atoms with E-state index in [2.05, 4.69) is 21.6 Å². The quantitative estimate of drug-likeness (QED) is 0.833. The highest BCUT2D eigenvalue weighted by atomic mass is 15.1. The van der Waals surface area contributed by atoms with Crippen LogP contribution in [0.1, 0.15) is 43.2 Å². The van der Waals surface area contributed by atoms with Crippen molar-refractivity contribution in [2.75, 3.05) is 13.1 Å². The third kappa shape index (κ3) is 2.71. The molecular weight excluding hydrogens is 246 g/mol. The largest absolute Gasteiger partial charge is 0.322 e. The van der Waals surface area contributed by atoms with Crippen LogP contribution in [0.5, 0.6) is 0 Å². The van der Waals surface area contributed by atoms with Gasteiger partial charge in [0.1, 0.15) is 6.07 Å². The molecule has 0 aromatic carbocycles. The van der Waals surface area contributed by atoms with Crippen LogP contribution < -0.4 is 0 Å². The van der Waals surface area contributed by atoms with Gasteiger partial charge in [-0.05, 0) is 38.1 Å². The molecule has 1 aliphatic heterocycles. The van der Waals surface area contributed by atoms with Crippen molar-refractivity contribution in [1.29, 1.82) is 5.26 Å². The van der Waals surface area contributed by atoms with Crippen molar-refractivity contribution in [3.8, 4) is 6.07 Å². The Labute approximate surface area is 120 Å². The molecule has 104 valence electrons. The lowest BCUT2D eigenvalue weighted by molar-refractivity contribution is 0.239. The highest BCUT2D eigenvalue weighted by Gasteiger charge is 2.14. The fourth-order valence-corrected chi connectivity index (χ4v) is 3.14. The van der Waals surface area contributed by atoms with Crippen LogP contribution in [-0.4, -0.2) is 22.4 Å². The Morgan fingerprint density at radius 3 is 2.55 bits per heavy atom. The number of hydrogen-bond donors (Lipinski definition) is 0. The average molecular weight is 267 g/mol. The summed E-state index contributed by atoms with van der Waals surface area (Å²) in [6.45, 7) is 3.23. The minimum Gasteiger partial charge on any atom is -0.322 e. The normalized spacial score (nSPS) is 17.6. The summed E-state index contributed by atoms with van der Waals surface area (Å²) >= 11 is 0. The van der Waals surface area contributed by atoms with E-state index in [4.69, 9.17) is 0 Å². The van der Waals surface area contributed by atoms with Crippen LogP contribution in [-0.2, 0) is 6.54 Å². The molecule has 3 rings (SSSR count). The summed E-state index contributed by atoms with van der Waals surface area (Å²) in [5.74, 6) is 0. The molecule has 0 radical (unpaired) electrons. The Morgan fingerprint density at radius 2 is 1.80 bits per heavy atom. The van der Waals surface area contributed by atoms with Crippen molar-refractivity contribution in [1.82, 2.24) is 9.30 Å². The van der Waals surface area contributed by atoms with Gasteiger partial charge in [-0.15, -0.1) is 0 Å². The van der Waals surface area contributed by atoms with Crippen molar-refractivity contribution in [3.05, 3.63) is 41.7 Å². The molecule has 0 unspecified atom stereocenters. The van der Waals surface area contributed by atoms with Gasteiger partial charge < -0.3 is 4.40 Å². The minimum atomic E-state index is 0.840. The van der Waals surface area contributed by atoms with E-state index < -0.39 is 0 Å². The molecule has 20 heavy (non-hydrogen) atoms. The molecule has 1 saturated heterocycles. The van der Waals surface area contributed by atoms with Gasteiger partial charge in [-0.3, -0.25) is 4.90 Å². The molecule has 3 heteroatoms. The van der Waals surface area contributed by atoms with Gasteiger partial charge in [-0.2, -0.15) is 5.26 Å². The molecule has 1 aliphatic rings. The Kier molecular flexibility index (Phi) is 4.03. The average Bonchev–Trinajstić information content (AvgIpc) is 2.78. The Balaban J connectivity index is 1.84. The van der Waals surface area contributed by atoms with Gasteiger partial charge in [0.05, 0.1) is 11.1 Å². The molecule has 2 aromatic rings. The van der Waals surface area contributed by atoms with Crippen molar-refractivity contribution in [2.24, 2.45) is 0 Å². The Morgan fingerprint density at radius 1 is 1.05 bits per heavy atom. The van der Waals surface area contributed by atoms with Crippen LogP contribution in [0.4, 0.5) is 0 Å². The molecule has 0 amide bonds. The minimum absolute atomic E-state index is 0.840. The molecule has 0 N–H and O–H groups in total. The van der Waals surface area contributed by atoms with Crippen molar-refractivity contribution >= 4 is 5.52 Å². The Bertz CT molecular complexity index is 613. The molecule has 2 aromatic heterocycles. The standard InChI is InChI=1S/C17H21N3/c18-12-16-15(14-20-11-7-4-8-17(16)20)13-19-9-5-2-1-3-6-10-19/h4,7-8,11,14H,1-3,5-6,9-10,13H2. The van der Waals surface area contributed by atoms with Crippen LogP contribution in [0.3, 0.4) is 0 Å². The van der Waals surface area contributed by atoms with Crippen LogP contribution in [0.2, 0.25) is 0 Å². The smallest absolute Gasteiger partial charge is 0.102 e. The molecule has 0 saturated carbocycles. The highest BCUT2D eigenvalue weighted by molar-refractivity contribution is 5.65. The van der Waals surface area contributed by atoms with E-state index in [1.54, 1.807) is 0 Å². The first-order chi connectivity index (χ1) is 9.88. The maximum atomic E-state index is 9.45. The summed E-state index contributed by atoms with van der Waals surface area (Å²) in [4.78, 5) is 2.51. The first kappa shape index (κ1) is 13.2. The molecule has 0 aliphatic carbocycles. The monoisotopic (exact) mass is 267 g/mol. The van der Waals surface area contributed by atoms with Crippen LogP contribution in [0.15, 0.2) is 30.6 Å². The van der Waals surface area contributed by atoms with Gasteiger partial charge in [0.15, 0.2) is 0 Å². The van der Waals surface area contributed by atoms with E-state index in [9.17, 15) is 5.26 Å². The second-order valence-electron chi connectivity index (χ2n) is 5.68. The number of fused-ring (bicyclic) bond motifs is 1. The number of rotatable bonds is 2. The van der Waals surface area contributed by atoms with Gasteiger partial charge in [0, 0.05) is 24.5 Å². The van der Waals surface area contributed by atoms with Gasteiger partial charge in [0.2, 0.25) is 0 Å². The van der Waals surface area contributed by atoms with E-state index in [1.807, 2.05) is 24.4 Å². The van der Waals surface area contributed by atoms with E-state index >= 15 is 0 Å². The van der Waals surface area contributed by atoms with Crippen LogP contribution in [0.25, 0.3) is 5.52 Å². The molecule has 3 heterocycles. The van der Waals surface area contributed by atoms with E-state index in [1.165, 1.54) is 37.7 Å². The maximum absolute atomic E-state index is 9.45. The van der Waals surface area contributed by atoms with Crippen molar-refractivity contribution in [2.45, 2.75) is 38.6 Å². The lowest BCUT2D eigenvalue weighted by atomic mass is 10.1. The molecule has 0 atom stereocenters. The summed E-state index contributed by atoms with van der Waals surface area (Å²) in [6, 6.07) is 8.42. The second-order valence-corrected chi connectivity index (χ2v) is 5.68. The zero-order chi connectivity index (χ0) is 13.8. The summed E-state index contributed by atoms with van der Waals surface area (Å²) in [5, 5.41) is 9.45. The fourth-order valence-electron chi connectivity index (χ4n) is 3.14. The number of nitrogens with zero attached hydrogens (tertiary/aromatic N) is 3. The number of nitriles is 1. The number of likely N-dealkylation sites (tertiary alicyclic amines) is 1. The number of hydrogen-bond acceptors (Lipinski definition) is 2. The highest BCUT2D eigenvalue weighted by Crippen LogP contribution is 2.21. The summed E-state index contributed by atoms with van der Waals surface area (Å²) in [7, 11) is 0. The third-order valence-corrected chi connectivity index (χ3v) is 4.22. The lowest BCUT2D eigenvalue weighted by Crippen LogP contribution is -2.27. The zero-order valence-electron chi connectivity index (χ0n) is 11.9. The van der Waals surface area contributed by atoms with Crippen LogP contribution >= 0.6 is 0 Å². The maximum Gasteiger partial charge on any atom is 0.102 e. The van der Waals surface area contributed by atoms with Crippen molar-refractivity contribution in [3.63, 3.8) is 0 Å². The zero-order valence-corrected chi connectivity index (χ0v) is 11.9. The molecule has 3 nitrogen and oxygen atoms in total. The first-order valence-electron chi connectivity index (χ1n) is 7.59. The topological polar surface area (TPSA) is 31.4 Å². The van der Waals surface area contributed by atoms with Gasteiger partial charge in [0.25, 0.3) is 0 Å². The molecule has 1 fully saturated rings. The van der Waals surface area contributed by atoms with Crippen molar-refractivity contribution < 1.29 is 0 Å². The summed E-state index contributed by atoms with van der Waals surface area (Å²) in [5.41, 5.74) is 3.03. The molecule has 0 spiro atoms. The predicted octanol–water partition coefficient (Wildman–Crippen LogP) is 3.58. The van der Waals surface area contributed by atoms with E-state index in [-0.39, 0.29) is 0 Å². The third-order valence-electron chi connectivity index (χ3n) is 4.22. The molecular formula is C17H21N3. The SMILES string of the molecule is N#Cc1c(CN2CCCCCCC2)cn2ccccc12. The predicted molar refractivity (Wildman–Crippen MR) is 80.5 cm³/mol. The second kappa shape index (κ2) is 6.11. The fraction of sp³-hybridized carbons (Fsp3) is 0.471. The number of aromatic nitrogens is 1. The summed E-state index contributed by atoms with van der Waals surface area (Å²) < 4.78 is 2.07. The van der Waals surface area contributed by atoms with E-state index in [0.29, 0.717) is 0 Å². The number of pyridine rings is 1. The first-order valence-corrected chi connectivity index (χ1v) is 7.59. The summed E-state index contributed by atoms with van der Waals surface area (Å²) in [6.07, 6.45) is 10.8. The molecule has 0 bridgehead atoms. The Hall–Kier alpha value is -1.79. The lowest BCUT2D eigenvalue weighted by Gasteiger charge is -2.24.